The summed E-state index contributed by atoms with van der Waals surface area (Å²) >= 11 is 1.52. The lowest BCUT2D eigenvalue weighted by molar-refractivity contribution is -0.148. The van der Waals surface area contributed by atoms with E-state index in [-0.39, 0.29) is 0 Å². The van der Waals surface area contributed by atoms with E-state index >= 15 is 0 Å². The first-order valence-corrected chi connectivity index (χ1v) is 6.16. The molecule has 0 aromatic heterocycles. The molecular formula is C12H16O3S. The smallest absolute Gasteiger partial charge is 0.333 e. The Morgan fingerprint density at radius 1 is 1.50 bits per heavy atom. The quantitative estimate of drug-likeness (QED) is 0.776. The Kier molecular flexibility index (Phi) is 5.35. The first-order valence-electron chi connectivity index (χ1n) is 5.18. The second-order valence-electron chi connectivity index (χ2n) is 3.36. The van der Waals surface area contributed by atoms with Gasteiger partial charge in [-0.05, 0) is 25.5 Å². The lowest BCUT2D eigenvalue weighted by atomic mass is 10.2. The van der Waals surface area contributed by atoms with Crippen molar-refractivity contribution in [1.82, 2.24) is 0 Å². The topological polar surface area (TPSA) is 46.5 Å². The van der Waals surface area contributed by atoms with Gasteiger partial charge in [0.15, 0.2) is 6.10 Å². The van der Waals surface area contributed by atoms with Crippen LogP contribution in [0.4, 0.5) is 0 Å². The van der Waals surface area contributed by atoms with E-state index in [2.05, 4.69) is 0 Å². The van der Waals surface area contributed by atoms with E-state index in [4.69, 9.17) is 9.84 Å². The first-order chi connectivity index (χ1) is 7.65. The molecule has 1 atom stereocenters. The monoisotopic (exact) mass is 240 g/mol. The van der Waals surface area contributed by atoms with Crippen LogP contribution in [0.3, 0.4) is 0 Å². The molecule has 1 unspecified atom stereocenters. The largest absolute Gasteiger partial charge is 0.479 e. The molecule has 16 heavy (non-hydrogen) atoms. The number of aliphatic carboxylic acids is 1. The van der Waals surface area contributed by atoms with E-state index in [1.807, 2.05) is 31.2 Å². The summed E-state index contributed by atoms with van der Waals surface area (Å²) in [6.07, 6.45) is -0.727. The summed E-state index contributed by atoms with van der Waals surface area (Å²) in [6, 6.07) is 7.92. The van der Waals surface area contributed by atoms with Gasteiger partial charge in [0.1, 0.15) is 0 Å². The highest BCUT2D eigenvalue weighted by atomic mass is 32.2. The predicted octanol–water partition coefficient (Wildman–Crippen LogP) is 2.58. The van der Waals surface area contributed by atoms with E-state index < -0.39 is 12.1 Å². The SMILES string of the molecule is CCOC(CSc1ccccc1C)C(=O)O. The van der Waals surface area contributed by atoms with Gasteiger partial charge in [-0.3, -0.25) is 0 Å². The highest BCUT2D eigenvalue weighted by Crippen LogP contribution is 2.23. The summed E-state index contributed by atoms with van der Waals surface area (Å²) < 4.78 is 5.14. The fraction of sp³-hybridized carbons (Fsp3) is 0.417. The second-order valence-corrected chi connectivity index (χ2v) is 4.42. The van der Waals surface area contributed by atoms with Crippen molar-refractivity contribution in [2.45, 2.75) is 24.8 Å². The summed E-state index contributed by atoms with van der Waals surface area (Å²) in [5, 5.41) is 8.91. The molecule has 88 valence electrons. The van der Waals surface area contributed by atoms with Crippen molar-refractivity contribution < 1.29 is 14.6 Å². The highest BCUT2D eigenvalue weighted by molar-refractivity contribution is 7.99. The predicted molar refractivity (Wildman–Crippen MR) is 65.0 cm³/mol. The Balaban J connectivity index is 2.55. The van der Waals surface area contributed by atoms with Crippen LogP contribution < -0.4 is 0 Å². The van der Waals surface area contributed by atoms with E-state index in [0.717, 1.165) is 10.5 Å². The van der Waals surface area contributed by atoms with Crippen molar-refractivity contribution in [3.63, 3.8) is 0 Å². The zero-order valence-corrected chi connectivity index (χ0v) is 10.3. The van der Waals surface area contributed by atoms with Crippen molar-refractivity contribution in [1.29, 1.82) is 0 Å². The average molecular weight is 240 g/mol. The van der Waals surface area contributed by atoms with Gasteiger partial charge in [0.2, 0.25) is 0 Å². The molecular weight excluding hydrogens is 224 g/mol. The molecule has 0 saturated carbocycles. The number of benzene rings is 1. The van der Waals surface area contributed by atoms with Gasteiger partial charge in [-0.15, -0.1) is 11.8 Å². The fourth-order valence-electron chi connectivity index (χ4n) is 1.28. The Labute approximate surface area is 99.8 Å². The molecule has 3 nitrogen and oxygen atoms in total. The van der Waals surface area contributed by atoms with Crippen molar-refractivity contribution in [3.05, 3.63) is 29.8 Å². The molecule has 0 spiro atoms. The molecule has 1 N–H and O–H groups in total. The van der Waals surface area contributed by atoms with Crippen molar-refractivity contribution in [2.24, 2.45) is 0 Å². The number of thioether (sulfide) groups is 1. The van der Waals surface area contributed by atoms with Gasteiger partial charge in [-0.25, -0.2) is 4.79 Å². The van der Waals surface area contributed by atoms with Gasteiger partial charge >= 0.3 is 5.97 Å². The van der Waals surface area contributed by atoms with Gasteiger partial charge in [0.25, 0.3) is 0 Å². The maximum absolute atomic E-state index is 10.9. The van der Waals surface area contributed by atoms with E-state index in [9.17, 15) is 4.79 Å². The molecule has 0 fully saturated rings. The average Bonchev–Trinajstić information content (AvgIpc) is 2.26. The van der Waals surface area contributed by atoms with Crippen LogP contribution in [0.1, 0.15) is 12.5 Å². The van der Waals surface area contributed by atoms with Crippen LogP contribution in [0.15, 0.2) is 29.2 Å². The summed E-state index contributed by atoms with van der Waals surface area (Å²) in [5.41, 5.74) is 1.16. The van der Waals surface area contributed by atoms with Crippen LogP contribution in [-0.2, 0) is 9.53 Å². The number of hydrogen-bond acceptors (Lipinski definition) is 3. The minimum absolute atomic E-state index is 0.422. The van der Waals surface area contributed by atoms with Crippen LogP contribution >= 0.6 is 11.8 Å². The van der Waals surface area contributed by atoms with E-state index in [0.29, 0.717) is 12.4 Å². The third-order valence-electron chi connectivity index (χ3n) is 2.13. The number of carboxylic acid groups (broad SMARTS) is 1. The van der Waals surface area contributed by atoms with Gasteiger partial charge < -0.3 is 9.84 Å². The maximum atomic E-state index is 10.9. The minimum Gasteiger partial charge on any atom is -0.479 e. The molecule has 0 bridgehead atoms. The second kappa shape index (κ2) is 6.55. The molecule has 1 aromatic rings. The van der Waals surface area contributed by atoms with Gasteiger partial charge in [-0.2, -0.15) is 0 Å². The van der Waals surface area contributed by atoms with E-state index in [1.54, 1.807) is 6.92 Å². The Morgan fingerprint density at radius 2 is 2.19 bits per heavy atom. The zero-order valence-electron chi connectivity index (χ0n) is 9.47. The third-order valence-corrected chi connectivity index (χ3v) is 3.37. The molecule has 0 heterocycles. The molecule has 0 aliphatic heterocycles. The Morgan fingerprint density at radius 3 is 2.75 bits per heavy atom. The Bertz CT molecular complexity index is 352. The number of aryl methyl sites for hydroxylation is 1. The van der Waals surface area contributed by atoms with Crippen LogP contribution in [-0.4, -0.2) is 29.5 Å². The lowest BCUT2D eigenvalue weighted by Gasteiger charge is -2.12. The number of rotatable bonds is 6. The molecule has 0 aliphatic rings. The fourth-order valence-corrected chi connectivity index (χ4v) is 2.32. The lowest BCUT2D eigenvalue weighted by Crippen LogP contribution is -2.26. The standard InChI is InChI=1S/C12H16O3S/c1-3-15-10(12(13)14)8-16-11-7-5-4-6-9(11)2/h4-7,10H,3,8H2,1-2H3,(H,13,14). The molecule has 0 amide bonds. The van der Waals surface area contributed by atoms with E-state index in [1.165, 1.54) is 11.8 Å². The van der Waals surface area contributed by atoms with Gasteiger partial charge in [-0.1, -0.05) is 18.2 Å². The van der Waals surface area contributed by atoms with Gasteiger partial charge in [0, 0.05) is 17.3 Å². The van der Waals surface area contributed by atoms with Crippen LogP contribution in [0.25, 0.3) is 0 Å². The molecule has 1 aromatic carbocycles. The summed E-state index contributed by atoms with van der Waals surface area (Å²) in [6.45, 7) is 4.23. The number of hydrogen-bond donors (Lipinski definition) is 1. The first kappa shape index (κ1) is 13.1. The molecule has 4 heteroatoms. The summed E-state index contributed by atoms with van der Waals surface area (Å²) in [4.78, 5) is 12.0. The molecule has 1 rings (SSSR count). The molecule has 0 radical (unpaired) electrons. The summed E-state index contributed by atoms with van der Waals surface area (Å²) in [7, 11) is 0. The van der Waals surface area contributed by atoms with Crippen molar-refractivity contribution >= 4 is 17.7 Å². The maximum Gasteiger partial charge on any atom is 0.333 e. The number of carbonyl (C=O) groups is 1. The molecule has 0 saturated heterocycles. The molecule has 0 aliphatic carbocycles. The Hall–Kier alpha value is -1.00. The van der Waals surface area contributed by atoms with Crippen molar-refractivity contribution in [2.75, 3.05) is 12.4 Å². The highest BCUT2D eigenvalue weighted by Gasteiger charge is 2.17. The normalized spacial score (nSPS) is 12.4. The summed E-state index contributed by atoms with van der Waals surface area (Å²) in [5.74, 6) is -0.462. The third kappa shape index (κ3) is 3.87. The van der Waals surface area contributed by atoms with Gasteiger partial charge in [0.05, 0.1) is 0 Å². The van der Waals surface area contributed by atoms with Crippen molar-refractivity contribution in [3.8, 4) is 0 Å². The number of carboxylic acids is 1. The minimum atomic E-state index is -0.900. The van der Waals surface area contributed by atoms with Crippen LogP contribution in [0.2, 0.25) is 0 Å². The van der Waals surface area contributed by atoms with Crippen LogP contribution in [0.5, 0.6) is 0 Å². The van der Waals surface area contributed by atoms with Crippen LogP contribution in [0, 0.1) is 6.92 Å². The number of ether oxygens (including phenoxy) is 1. The zero-order chi connectivity index (χ0) is 12.0.